The molecule has 0 aromatic heterocycles. The van der Waals surface area contributed by atoms with Gasteiger partial charge in [-0.05, 0) is 41.0 Å². The maximum atomic E-state index is 12.4. The highest BCUT2D eigenvalue weighted by atomic mass is 16.5. The van der Waals surface area contributed by atoms with Crippen LogP contribution in [0.15, 0.2) is 97.1 Å². The third-order valence-electron chi connectivity index (χ3n) is 4.65. The molecule has 162 valence electrons. The molecule has 5 nitrogen and oxygen atoms in total. The van der Waals surface area contributed by atoms with Crippen molar-refractivity contribution in [2.45, 2.75) is 6.10 Å². The molecule has 3 aromatic carbocycles. The molecule has 0 aliphatic heterocycles. The standard InChI is InChI=1S/C27H25NO4/c1-31-24-16-14-23(15-17-24)25(32-27(30)19-13-22-10-6-3-7-11-22)20-28-26(29)18-12-21-8-4-2-5-9-21/h2-19,25H,20H2,1H3,(H,28,29). The Kier molecular flexibility index (Phi) is 8.40. The normalized spacial score (nSPS) is 11.9. The number of carbonyl (C=O) groups excluding carboxylic acids is 2. The third kappa shape index (κ3) is 7.29. The van der Waals surface area contributed by atoms with E-state index in [-0.39, 0.29) is 12.5 Å². The molecule has 0 bridgehead atoms. The van der Waals surface area contributed by atoms with Gasteiger partial charge in [-0.1, -0.05) is 72.8 Å². The molecule has 1 N–H and O–H groups in total. The molecule has 0 fully saturated rings. The van der Waals surface area contributed by atoms with E-state index in [1.54, 1.807) is 31.4 Å². The van der Waals surface area contributed by atoms with Crippen molar-refractivity contribution in [3.63, 3.8) is 0 Å². The molecule has 1 unspecified atom stereocenters. The maximum Gasteiger partial charge on any atom is 0.331 e. The highest BCUT2D eigenvalue weighted by Crippen LogP contribution is 2.21. The van der Waals surface area contributed by atoms with Gasteiger partial charge < -0.3 is 14.8 Å². The summed E-state index contributed by atoms with van der Waals surface area (Å²) in [5, 5.41) is 2.80. The number of hydrogen-bond donors (Lipinski definition) is 1. The van der Waals surface area contributed by atoms with Crippen molar-refractivity contribution in [3.05, 3.63) is 114 Å². The quantitative estimate of drug-likeness (QED) is 0.393. The summed E-state index contributed by atoms with van der Waals surface area (Å²) in [6.45, 7) is 0.134. The van der Waals surface area contributed by atoms with Crippen molar-refractivity contribution in [1.29, 1.82) is 0 Å². The van der Waals surface area contributed by atoms with Crippen LogP contribution in [-0.4, -0.2) is 25.5 Å². The third-order valence-corrected chi connectivity index (χ3v) is 4.65. The average molecular weight is 428 g/mol. The SMILES string of the molecule is COc1ccc(C(CNC(=O)C=Cc2ccccc2)OC(=O)C=Cc2ccccc2)cc1. The van der Waals surface area contributed by atoms with E-state index in [9.17, 15) is 9.59 Å². The molecule has 3 aromatic rings. The van der Waals surface area contributed by atoms with Gasteiger partial charge in [-0.25, -0.2) is 4.79 Å². The van der Waals surface area contributed by atoms with Gasteiger partial charge in [-0.3, -0.25) is 4.79 Å². The highest BCUT2D eigenvalue weighted by molar-refractivity contribution is 5.91. The van der Waals surface area contributed by atoms with Gasteiger partial charge in [0.05, 0.1) is 13.7 Å². The maximum absolute atomic E-state index is 12.4. The minimum absolute atomic E-state index is 0.134. The van der Waals surface area contributed by atoms with E-state index >= 15 is 0 Å². The van der Waals surface area contributed by atoms with Crippen molar-refractivity contribution in [3.8, 4) is 5.75 Å². The second-order valence-corrected chi connectivity index (χ2v) is 6.93. The van der Waals surface area contributed by atoms with Gasteiger partial charge in [0.15, 0.2) is 0 Å². The lowest BCUT2D eigenvalue weighted by Crippen LogP contribution is -2.29. The minimum Gasteiger partial charge on any atom is -0.497 e. The Hall–Kier alpha value is -4.12. The predicted molar refractivity (Wildman–Crippen MR) is 126 cm³/mol. The van der Waals surface area contributed by atoms with Crippen LogP contribution in [0.3, 0.4) is 0 Å². The van der Waals surface area contributed by atoms with Crippen LogP contribution >= 0.6 is 0 Å². The summed E-state index contributed by atoms with van der Waals surface area (Å²) in [4.78, 5) is 24.7. The monoisotopic (exact) mass is 427 g/mol. The minimum atomic E-state index is -0.650. The molecule has 0 radical (unpaired) electrons. The fraction of sp³-hybridized carbons (Fsp3) is 0.111. The number of amides is 1. The molecule has 3 rings (SSSR count). The number of methoxy groups -OCH3 is 1. The Morgan fingerprint density at radius 2 is 1.38 bits per heavy atom. The van der Waals surface area contributed by atoms with Gasteiger partial charge in [-0.2, -0.15) is 0 Å². The molecule has 1 amide bonds. The van der Waals surface area contributed by atoms with E-state index in [4.69, 9.17) is 9.47 Å². The molecule has 1 atom stereocenters. The van der Waals surface area contributed by atoms with Crippen LogP contribution in [0.5, 0.6) is 5.75 Å². The van der Waals surface area contributed by atoms with Crippen LogP contribution in [0.1, 0.15) is 22.8 Å². The second-order valence-electron chi connectivity index (χ2n) is 6.93. The number of ether oxygens (including phenoxy) is 2. The lowest BCUT2D eigenvalue weighted by Gasteiger charge is -2.18. The van der Waals surface area contributed by atoms with Gasteiger partial charge in [-0.15, -0.1) is 0 Å². The van der Waals surface area contributed by atoms with Gasteiger partial charge in [0.1, 0.15) is 11.9 Å². The molecular formula is C27H25NO4. The Morgan fingerprint density at radius 1 is 0.812 bits per heavy atom. The topological polar surface area (TPSA) is 64.6 Å². The number of benzene rings is 3. The van der Waals surface area contributed by atoms with Crippen LogP contribution in [0, 0.1) is 0 Å². The molecule has 0 aliphatic carbocycles. The Balaban J connectivity index is 1.66. The van der Waals surface area contributed by atoms with Crippen molar-refractivity contribution < 1.29 is 19.1 Å². The van der Waals surface area contributed by atoms with Crippen LogP contribution < -0.4 is 10.1 Å². The molecule has 0 spiro atoms. The van der Waals surface area contributed by atoms with Crippen molar-refractivity contribution in [1.82, 2.24) is 5.32 Å². The zero-order chi connectivity index (χ0) is 22.6. The number of carbonyl (C=O) groups is 2. The number of nitrogens with one attached hydrogen (secondary N) is 1. The van der Waals surface area contributed by atoms with Gasteiger partial charge in [0, 0.05) is 12.2 Å². The first-order chi connectivity index (χ1) is 15.6. The fourth-order valence-electron chi connectivity index (χ4n) is 2.94. The summed E-state index contributed by atoms with van der Waals surface area (Å²) in [5.41, 5.74) is 2.57. The van der Waals surface area contributed by atoms with E-state index in [0.29, 0.717) is 5.75 Å². The summed E-state index contributed by atoms with van der Waals surface area (Å²) in [7, 11) is 1.58. The van der Waals surface area contributed by atoms with Crippen LogP contribution in [0.4, 0.5) is 0 Å². The van der Waals surface area contributed by atoms with Crippen LogP contribution in [0.2, 0.25) is 0 Å². The molecule has 5 heteroatoms. The summed E-state index contributed by atoms with van der Waals surface area (Å²) in [6.07, 6.45) is 5.60. The molecule has 0 saturated carbocycles. The summed E-state index contributed by atoms with van der Waals surface area (Å²) >= 11 is 0. The molecule has 0 saturated heterocycles. The smallest absolute Gasteiger partial charge is 0.331 e. The van der Waals surface area contributed by atoms with E-state index in [0.717, 1.165) is 16.7 Å². The zero-order valence-electron chi connectivity index (χ0n) is 17.8. The van der Waals surface area contributed by atoms with Gasteiger partial charge in [0.2, 0.25) is 5.91 Å². The number of hydrogen-bond acceptors (Lipinski definition) is 4. The molecule has 0 aliphatic rings. The zero-order valence-corrected chi connectivity index (χ0v) is 17.8. The van der Waals surface area contributed by atoms with Crippen molar-refractivity contribution >= 4 is 24.0 Å². The van der Waals surface area contributed by atoms with Crippen LogP contribution in [-0.2, 0) is 14.3 Å². The Labute approximate surface area is 188 Å². The number of rotatable bonds is 9. The van der Waals surface area contributed by atoms with E-state index in [1.807, 2.05) is 72.8 Å². The second kappa shape index (κ2) is 11.9. The Morgan fingerprint density at radius 3 is 1.94 bits per heavy atom. The summed E-state index contributed by atoms with van der Waals surface area (Å²) in [5.74, 6) is -0.0791. The van der Waals surface area contributed by atoms with Gasteiger partial charge >= 0.3 is 5.97 Å². The first kappa shape index (κ1) is 22.6. The first-order valence-corrected chi connectivity index (χ1v) is 10.2. The highest BCUT2D eigenvalue weighted by Gasteiger charge is 2.16. The largest absolute Gasteiger partial charge is 0.497 e. The molecule has 32 heavy (non-hydrogen) atoms. The summed E-state index contributed by atoms with van der Waals surface area (Å²) < 4.78 is 10.8. The molecule has 0 heterocycles. The Bertz CT molecular complexity index is 1060. The first-order valence-electron chi connectivity index (χ1n) is 10.2. The molecular weight excluding hydrogens is 402 g/mol. The van der Waals surface area contributed by atoms with E-state index in [1.165, 1.54) is 12.2 Å². The predicted octanol–water partition coefficient (Wildman–Crippen LogP) is 4.82. The van der Waals surface area contributed by atoms with Crippen molar-refractivity contribution in [2.24, 2.45) is 0 Å². The van der Waals surface area contributed by atoms with Crippen molar-refractivity contribution in [2.75, 3.05) is 13.7 Å². The lowest BCUT2D eigenvalue weighted by atomic mass is 10.1. The van der Waals surface area contributed by atoms with Gasteiger partial charge in [0.25, 0.3) is 0 Å². The lowest BCUT2D eigenvalue weighted by molar-refractivity contribution is -0.143. The van der Waals surface area contributed by atoms with Crippen LogP contribution in [0.25, 0.3) is 12.2 Å². The van der Waals surface area contributed by atoms with E-state index in [2.05, 4.69) is 5.32 Å². The fourth-order valence-corrected chi connectivity index (χ4v) is 2.94. The van der Waals surface area contributed by atoms with E-state index < -0.39 is 12.1 Å². The number of esters is 1. The average Bonchev–Trinajstić information content (AvgIpc) is 2.85. The summed E-state index contributed by atoms with van der Waals surface area (Å²) in [6, 6.07) is 26.2.